The molecule has 1 aromatic rings. The second-order valence-corrected chi connectivity index (χ2v) is 7.28. The molecule has 0 bridgehead atoms. The molecule has 1 fully saturated rings. The molecule has 0 saturated heterocycles. The Bertz CT molecular complexity index is 460. The predicted molar refractivity (Wildman–Crippen MR) is 83.6 cm³/mol. The lowest BCUT2D eigenvalue weighted by molar-refractivity contribution is 0.0464. The number of hydrogen-bond acceptors (Lipinski definition) is 2. The van der Waals surface area contributed by atoms with E-state index in [0.717, 1.165) is 22.9 Å². The largest absolute Gasteiger partial charge is 0.444 e. The Morgan fingerprint density at radius 2 is 1.90 bits per heavy atom. The molecule has 1 aromatic carbocycles. The molecule has 110 valence electrons. The molecule has 0 aliphatic heterocycles. The zero-order valence-electron chi connectivity index (χ0n) is 12.3. The Hall–Kier alpha value is -1.03. The van der Waals surface area contributed by atoms with Crippen LogP contribution in [0.2, 0.25) is 0 Å². The second kappa shape index (κ2) is 6.17. The molecular weight excluding hydrogens is 318 g/mol. The van der Waals surface area contributed by atoms with Crippen molar-refractivity contribution in [1.29, 1.82) is 0 Å². The first kappa shape index (κ1) is 15.4. The highest BCUT2D eigenvalue weighted by Gasteiger charge is 2.31. The highest BCUT2D eigenvalue weighted by Crippen LogP contribution is 2.38. The fourth-order valence-corrected chi connectivity index (χ4v) is 2.62. The molecule has 1 atom stereocenters. The fraction of sp³-hybridized carbons (Fsp3) is 0.562. The quantitative estimate of drug-likeness (QED) is 0.857. The van der Waals surface area contributed by atoms with Crippen molar-refractivity contribution < 1.29 is 9.53 Å². The van der Waals surface area contributed by atoms with Gasteiger partial charge < -0.3 is 10.1 Å². The molecule has 1 amide bonds. The van der Waals surface area contributed by atoms with E-state index in [9.17, 15) is 4.79 Å². The standard InChI is InChI=1S/C16H22BrNO2/c1-16(2,3)20-15(19)18-14(11-5-4-6-11)12-7-9-13(17)10-8-12/h7-11,14H,4-6H2,1-3H3,(H,18,19). The van der Waals surface area contributed by atoms with E-state index in [0.29, 0.717) is 5.92 Å². The molecule has 20 heavy (non-hydrogen) atoms. The maximum absolute atomic E-state index is 12.0. The molecule has 1 N–H and O–H groups in total. The average Bonchev–Trinajstić information content (AvgIpc) is 2.24. The number of ether oxygens (including phenoxy) is 1. The molecule has 0 heterocycles. The van der Waals surface area contributed by atoms with Crippen LogP contribution in [0, 0.1) is 5.92 Å². The lowest BCUT2D eigenvalue weighted by atomic mass is 9.77. The second-order valence-electron chi connectivity index (χ2n) is 6.37. The third-order valence-corrected chi connectivity index (χ3v) is 4.05. The van der Waals surface area contributed by atoms with Gasteiger partial charge in [-0.2, -0.15) is 0 Å². The van der Waals surface area contributed by atoms with Gasteiger partial charge in [0.2, 0.25) is 0 Å². The molecule has 0 aromatic heterocycles. The predicted octanol–water partition coefficient (Wildman–Crippen LogP) is 4.82. The monoisotopic (exact) mass is 339 g/mol. The number of carbonyl (C=O) groups excluding carboxylic acids is 1. The van der Waals surface area contributed by atoms with Gasteiger partial charge >= 0.3 is 6.09 Å². The van der Waals surface area contributed by atoms with Crippen LogP contribution in [0.15, 0.2) is 28.7 Å². The number of nitrogens with one attached hydrogen (secondary N) is 1. The fourth-order valence-electron chi connectivity index (χ4n) is 2.35. The molecule has 0 radical (unpaired) electrons. The minimum Gasteiger partial charge on any atom is -0.444 e. The van der Waals surface area contributed by atoms with E-state index < -0.39 is 5.60 Å². The number of alkyl carbamates (subject to hydrolysis) is 1. The van der Waals surface area contributed by atoms with Crippen molar-refractivity contribution in [2.45, 2.75) is 51.7 Å². The van der Waals surface area contributed by atoms with Gasteiger partial charge in [0.1, 0.15) is 5.60 Å². The Kier molecular flexibility index (Phi) is 4.74. The van der Waals surface area contributed by atoms with Gasteiger partial charge in [-0.3, -0.25) is 0 Å². The molecule has 1 aliphatic rings. The van der Waals surface area contributed by atoms with Crippen LogP contribution in [0.1, 0.15) is 51.6 Å². The van der Waals surface area contributed by atoms with Crippen molar-refractivity contribution in [3.63, 3.8) is 0 Å². The maximum Gasteiger partial charge on any atom is 0.408 e. The number of rotatable bonds is 3. The summed E-state index contributed by atoms with van der Waals surface area (Å²) in [7, 11) is 0. The molecular formula is C16H22BrNO2. The summed E-state index contributed by atoms with van der Waals surface area (Å²) in [4.78, 5) is 12.0. The summed E-state index contributed by atoms with van der Waals surface area (Å²) in [6, 6.07) is 8.19. The molecule has 0 spiro atoms. The van der Waals surface area contributed by atoms with E-state index in [2.05, 4.69) is 33.4 Å². The first-order valence-corrected chi connectivity index (χ1v) is 7.89. The van der Waals surface area contributed by atoms with Gasteiger partial charge in [-0.15, -0.1) is 0 Å². The highest BCUT2D eigenvalue weighted by atomic mass is 79.9. The van der Waals surface area contributed by atoms with Crippen molar-refractivity contribution in [2.75, 3.05) is 0 Å². The SMILES string of the molecule is CC(C)(C)OC(=O)NC(c1ccc(Br)cc1)C1CCC1. The van der Waals surface area contributed by atoms with Gasteiger partial charge in [-0.05, 0) is 57.2 Å². The van der Waals surface area contributed by atoms with Crippen LogP contribution >= 0.6 is 15.9 Å². The van der Waals surface area contributed by atoms with Crippen LogP contribution in [0.3, 0.4) is 0 Å². The number of hydrogen-bond donors (Lipinski definition) is 1. The van der Waals surface area contributed by atoms with Crippen molar-refractivity contribution >= 4 is 22.0 Å². The van der Waals surface area contributed by atoms with Crippen molar-refractivity contribution in [3.05, 3.63) is 34.3 Å². The summed E-state index contributed by atoms with van der Waals surface area (Å²) >= 11 is 3.44. The van der Waals surface area contributed by atoms with Crippen LogP contribution < -0.4 is 5.32 Å². The van der Waals surface area contributed by atoms with E-state index >= 15 is 0 Å². The Morgan fingerprint density at radius 3 is 2.35 bits per heavy atom. The van der Waals surface area contributed by atoms with Gasteiger partial charge in [0.05, 0.1) is 6.04 Å². The van der Waals surface area contributed by atoms with Crippen LogP contribution in [0.4, 0.5) is 4.79 Å². The maximum atomic E-state index is 12.0. The van der Waals surface area contributed by atoms with Crippen LogP contribution in [-0.2, 0) is 4.74 Å². The lowest BCUT2D eigenvalue weighted by Gasteiger charge is -2.35. The molecule has 1 saturated carbocycles. The Balaban J connectivity index is 2.08. The Morgan fingerprint density at radius 1 is 1.30 bits per heavy atom. The molecule has 1 aliphatic carbocycles. The summed E-state index contributed by atoms with van der Waals surface area (Å²) in [6.07, 6.45) is 3.23. The van der Waals surface area contributed by atoms with Crippen LogP contribution in [-0.4, -0.2) is 11.7 Å². The lowest BCUT2D eigenvalue weighted by Crippen LogP contribution is -2.39. The van der Waals surface area contributed by atoms with Gasteiger partial charge in [-0.25, -0.2) is 4.79 Å². The van der Waals surface area contributed by atoms with Crippen molar-refractivity contribution in [2.24, 2.45) is 5.92 Å². The third-order valence-electron chi connectivity index (χ3n) is 3.52. The summed E-state index contributed by atoms with van der Waals surface area (Å²) in [6.45, 7) is 5.64. The minimum absolute atomic E-state index is 0.0479. The van der Waals surface area contributed by atoms with Crippen molar-refractivity contribution in [3.8, 4) is 0 Å². The summed E-state index contributed by atoms with van der Waals surface area (Å²) < 4.78 is 6.42. The average molecular weight is 340 g/mol. The highest BCUT2D eigenvalue weighted by molar-refractivity contribution is 9.10. The normalized spacial score (nSPS) is 17.2. The van der Waals surface area contributed by atoms with Gasteiger partial charge in [0.25, 0.3) is 0 Å². The topological polar surface area (TPSA) is 38.3 Å². The van der Waals surface area contributed by atoms with E-state index in [1.165, 1.54) is 6.42 Å². The van der Waals surface area contributed by atoms with Crippen LogP contribution in [0.5, 0.6) is 0 Å². The summed E-state index contributed by atoms with van der Waals surface area (Å²) in [5.41, 5.74) is 0.678. The molecule has 3 nitrogen and oxygen atoms in total. The summed E-state index contributed by atoms with van der Waals surface area (Å²) in [5.74, 6) is 0.517. The van der Waals surface area contributed by atoms with Gasteiger partial charge in [-0.1, -0.05) is 34.5 Å². The number of benzene rings is 1. The van der Waals surface area contributed by atoms with E-state index in [1.54, 1.807) is 0 Å². The number of halogens is 1. The molecule has 1 unspecified atom stereocenters. The smallest absolute Gasteiger partial charge is 0.408 e. The zero-order valence-corrected chi connectivity index (χ0v) is 13.9. The molecule has 2 rings (SSSR count). The Labute approximate surface area is 129 Å². The minimum atomic E-state index is -0.464. The van der Waals surface area contributed by atoms with E-state index in [4.69, 9.17) is 4.74 Å². The first-order valence-electron chi connectivity index (χ1n) is 7.10. The zero-order chi connectivity index (χ0) is 14.8. The first-order chi connectivity index (χ1) is 9.35. The van der Waals surface area contributed by atoms with Gasteiger partial charge in [0.15, 0.2) is 0 Å². The van der Waals surface area contributed by atoms with E-state index in [1.807, 2.05) is 32.9 Å². The number of carbonyl (C=O) groups is 1. The third kappa shape index (κ3) is 4.23. The molecule has 4 heteroatoms. The van der Waals surface area contributed by atoms with E-state index in [-0.39, 0.29) is 12.1 Å². The van der Waals surface area contributed by atoms with Crippen LogP contribution in [0.25, 0.3) is 0 Å². The number of amides is 1. The summed E-state index contributed by atoms with van der Waals surface area (Å²) in [5, 5.41) is 3.03. The van der Waals surface area contributed by atoms with Crippen molar-refractivity contribution in [1.82, 2.24) is 5.32 Å². The van der Waals surface area contributed by atoms with Gasteiger partial charge in [0, 0.05) is 4.47 Å².